The zero-order valence-corrected chi connectivity index (χ0v) is 11.2. The van der Waals surface area contributed by atoms with Crippen LogP contribution in [-0.4, -0.2) is 24.6 Å². The van der Waals surface area contributed by atoms with Crippen molar-refractivity contribution >= 4 is 11.8 Å². The van der Waals surface area contributed by atoms with Gasteiger partial charge in [0, 0.05) is 12.3 Å². The maximum atomic E-state index is 3.56. The van der Waals surface area contributed by atoms with Crippen molar-refractivity contribution in [3.63, 3.8) is 0 Å². The van der Waals surface area contributed by atoms with E-state index in [0.29, 0.717) is 0 Å². The van der Waals surface area contributed by atoms with Crippen molar-refractivity contribution in [2.45, 2.75) is 46.0 Å². The van der Waals surface area contributed by atoms with Gasteiger partial charge in [0.25, 0.3) is 0 Å². The number of hydrogen-bond donors (Lipinski definition) is 1. The lowest BCUT2D eigenvalue weighted by molar-refractivity contribution is 0.276. The van der Waals surface area contributed by atoms with Crippen LogP contribution in [0.5, 0.6) is 0 Å². The molecular weight excluding hydrogens is 202 g/mol. The lowest BCUT2D eigenvalue weighted by Gasteiger charge is -2.26. The first-order valence-corrected chi connectivity index (χ1v) is 7.76. The molecule has 0 aromatic rings. The van der Waals surface area contributed by atoms with Gasteiger partial charge in [0.05, 0.1) is 0 Å². The van der Waals surface area contributed by atoms with Gasteiger partial charge < -0.3 is 5.32 Å². The van der Waals surface area contributed by atoms with Crippen molar-refractivity contribution in [1.82, 2.24) is 5.32 Å². The number of nitrogens with one attached hydrogen (secondary N) is 1. The van der Waals surface area contributed by atoms with E-state index in [1.54, 1.807) is 0 Å². The van der Waals surface area contributed by atoms with Gasteiger partial charge >= 0.3 is 0 Å². The smallest absolute Gasteiger partial charge is 0.00579 e. The summed E-state index contributed by atoms with van der Waals surface area (Å²) in [5, 5.41) is 3.56. The Bertz CT molecular complexity index is 141. The Morgan fingerprint density at radius 1 is 1.13 bits per heavy atom. The van der Waals surface area contributed by atoms with Crippen molar-refractivity contribution in [2.75, 3.05) is 24.6 Å². The van der Waals surface area contributed by atoms with E-state index in [0.717, 1.165) is 11.8 Å². The molecule has 1 aliphatic carbocycles. The molecule has 1 saturated carbocycles. The standard InChI is InChI=1S/C13H27NS/c1-3-15-11-10-14-9-8-13-6-4-12(2)5-7-13/h12-14H,3-11H2,1-2H3. The second-order valence-electron chi connectivity index (χ2n) is 4.86. The van der Waals surface area contributed by atoms with E-state index in [9.17, 15) is 0 Å². The van der Waals surface area contributed by atoms with E-state index in [4.69, 9.17) is 0 Å². The lowest BCUT2D eigenvalue weighted by Crippen LogP contribution is -2.22. The highest BCUT2D eigenvalue weighted by molar-refractivity contribution is 7.99. The van der Waals surface area contributed by atoms with Crippen LogP contribution in [0.4, 0.5) is 0 Å². The average molecular weight is 229 g/mol. The Morgan fingerprint density at radius 2 is 1.87 bits per heavy atom. The molecule has 0 aliphatic heterocycles. The van der Waals surface area contributed by atoms with E-state index in [-0.39, 0.29) is 0 Å². The fraction of sp³-hybridized carbons (Fsp3) is 1.00. The Balaban J connectivity index is 1.87. The average Bonchev–Trinajstić information content (AvgIpc) is 2.26. The molecule has 90 valence electrons. The minimum absolute atomic E-state index is 0.996. The summed E-state index contributed by atoms with van der Waals surface area (Å²) in [6, 6.07) is 0. The summed E-state index contributed by atoms with van der Waals surface area (Å²) in [5.41, 5.74) is 0. The van der Waals surface area contributed by atoms with Crippen molar-refractivity contribution in [2.24, 2.45) is 11.8 Å². The van der Waals surface area contributed by atoms with Gasteiger partial charge in [0.15, 0.2) is 0 Å². The molecule has 2 heteroatoms. The lowest BCUT2D eigenvalue weighted by atomic mass is 9.81. The van der Waals surface area contributed by atoms with Gasteiger partial charge in [-0.3, -0.25) is 0 Å². The zero-order chi connectivity index (χ0) is 10.9. The minimum Gasteiger partial charge on any atom is -0.316 e. The van der Waals surface area contributed by atoms with Gasteiger partial charge in [-0.25, -0.2) is 0 Å². The first-order valence-electron chi connectivity index (χ1n) is 6.61. The van der Waals surface area contributed by atoms with E-state index in [2.05, 4.69) is 19.2 Å². The van der Waals surface area contributed by atoms with E-state index in [1.165, 1.54) is 56.7 Å². The fourth-order valence-electron chi connectivity index (χ4n) is 2.34. The van der Waals surface area contributed by atoms with E-state index >= 15 is 0 Å². The highest BCUT2D eigenvalue weighted by Crippen LogP contribution is 2.29. The molecule has 15 heavy (non-hydrogen) atoms. The third-order valence-corrected chi connectivity index (χ3v) is 4.39. The third-order valence-electron chi connectivity index (χ3n) is 3.49. The van der Waals surface area contributed by atoms with Crippen molar-refractivity contribution in [3.05, 3.63) is 0 Å². The maximum absolute atomic E-state index is 3.56. The zero-order valence-electron chi connectivity index (χ0n) is 10.4. The van der Waals surface area contributed by atoms with Crippen molar-refractivity contribution in [1.29, 1.82) is 0 Å². The second-order valence-corrected chi connectivity index (χ2v) is 6.26. The predicted molar refractivity (Wildman–Crippen MR) is 71.6 cm³/mol. The Hall–Kier alpha value is 0.310. The molecule has 1 fully saturated rings. The number of thioether (sulfide) groups is 1. The van der Waals surface area contributed by atoms with Crippen LogP contribution in [0.1, 0.15) is 46.0 Å². The minimum atomic E-state index is 0.996. The summed E-state index contributed by atoms with van der Waals surface area (Å²) >= 11 is 2.03. The molecule has 0 radical (unpaired) electrons. The Kier molecular flexibility index (Phi) is 7.54. The van der Waals surface area contributed by atoms with Gasteiger partial charge in [0.1, 0.15) is 0 Å². The van der Waals surface area contributed by atoms with Crippen LogP contribution in [0.3, 0.4) is 0 Å². The van der Waals surface area contributed by atoms with Crippen molar-refractivity contribution < 1.29 is 0 Å². The summed E-state index contributed by atoms with van der Waals surface area (Å²) in [4.78, 5) is 0. The molecule has 0 aromatic heterocycles. The largest absolute Gasteiger partial charge is 0.316 e. The van der Waals surface area contributed by atoms with Crippen molar-refractivity contribution in [3.8, 4) is 0 Å². The number of rotatable bonds is 7. The van der Waals surface area contributed by atoms with Crippen LogP contribution < -0.4 is 5.32 Å². The van der Waals surface area contributed by atoms with Crippen LogP contribution in [0.2, 0.25) is 0 Å². The highest BCUT2D eigenvalue weighted by Gasteiger charge is 2.17. The van der Waals surface area contributed by atoms with Gasteiger partial charge in [-0.15, -0.1) is 0 Å². The van der Waals surface area contributed by atoms with E-state index in [1.807, 2.05) is 11.8 Å². The Labute approximate surface area is 99.8 Å². The SMILES string of the molecule is CCSCCNCCC1CCC(C)CC1. The molecule has 0 atom stereocenters. The van der Waals surface area contributed by atoms with Crippen LogP contribution in [-0.2, 0) is 0 Å². The molecule has 0 spiro atoms. The predicted octanol–water partition coefficient (Wildman–Crippen LogP) is 3.55. The van der Waals surface area contributed by atoms with Crippen LogP contribution >= 0.6 is 11.8 Å². The topological polar surface area (TPSA) is 12.0 Å². The Morgan fingerprint density at radius 3 is 2.53 bits per heavy atom. The first kappa shape index (κ1) is 13.4. The highest BCUT2D eigenvalue weighted by atomic mass is 32.2. The summed E-state index contributed by atoms with van der Waals surface area (Å²) in [6.07, 6.45) is 7.30. The molecule has 0 amide bonds. The van der Waals surface area contributed by atoms with Gasteiger partial charge in [-0.2, -0.15) is 11.8 Å². The van der Waals surface area contributed by atoms with Gasteiger partial charge in [-0.05, 0) is 30.6 Å². The van der Waals surface area contributed by atoms with Crippen LogP contribution in [0.15, 0.2) is 0 Å². The molecule has 0 aromatic carbocycles. The first-order chi connectivity index (χ1) is 7.33. The summed E-state index contributed by atoms with van der Waals surface area (Å²) in [6.45, 7) is 7.06. The number of hydrogen-bond acceptors (Lipinski definition) is 2. The molecule has 1 aliphatic rings. The molecule has 0 heterocycles. The van der Waals surface area contributed by atoms with Crippen LogP contribution in [0, 0.1) is 11.8 Å². The molecule has 0 bridgehead atoms. The normalized spacial score (nSPS) is 26.8. The second kappa shape index (κ2) is 8.46. The van der Waals surface area contributed by atoms with Crippen LogP contribution in [0.25, 0.3) is 0 Å². The summed E-state index contributed by atoms with van der Waals surface area (Å²) < 4.78 is 0. The molecule has 1 rings (SSSR count). The molecule has 1 nitrogen and oxygen atoms in total. The summed E-state index contributed by atoms with van der Waals surface area (Å²) in [7, 11) is 0. The fourth-order valence-corrected chi connectivity index (χ4v) is 2.92. The third kappa shape index (κ3) is 6.47. The molecule has 1 N–H and O–H groups in total. The maximum Gasteiger partial charge on any atom is 0.00579 e. The van der Waals surface area contributed by atoms with E-state index < -0.39 is 0 Å². The van der Waals surface area contributed by atoms with Gasteiger partial charge in [-0.1, -0.05) is 39.5 Å². The molecule has 0 unspecified atom stereocenters. The molecular formula is C13H27NS. The monoisotopic (exact) mass is 229 g/mol. The van der Waals surface area contributed by atoms with Gasteiger partial charge in [0.2, 0.25) is 0 Å². The summed E-state index contributed by atoms with van der Waals surface area (Å²) in [5.74, 6) is 4.54. The quantitative estimate of drug-likeness (QED) is 0.670. The molecule has 0 saturated heterocycles.